The second-order valence-corrected chi connectivity index (χ2v) is 5.19. The van der Waals surface area contributed by atoms with Crippen LogP contribution in [0.2, 0.25) is 0 Å². The van der Waals surface area contributed by atoms with Crippen LogP contribution >= 0.6 is 0 Å². The summed E-state index contributed by atoms with van der Waals surface area (Å²) in [5, 5.41) is 3.09. The third-order valence-electron chi connectivity index (χ3n) is 3.43. The molecule has 0 spiro atoms. The lowest BCUT2D eigenvalue weighted by molar-refractivity contribution is 0.612. The van der Waals surface area contributed by atoms with Crippen LogP contribution in [0, 0.1) is 5.82 Å². The third kappa shape index (κ3) is 2.57. The first-order chi connectivity index (χ1) is 10.6. The van der Waals surface area contributed by atoms with Gasteiger partial charge >= 0.3 is 0 Å². The maximum atomic E-state index is 13.6. The molecule has 0 aliphatic rings. The van der Waals surface area contributed by atoms with Gasteiger partial charge in [0.2, 0.25) is 5.95 Å². The number of halogens is 1. The number of rotatable bonds is 4. The summed E-state index contributed by atoms with van der Waals surface area (Å²) in [6.45, 7) is 0.462. The lowest BCUT2D eigenvalue weighted by Gasteiger charge is -2.13. The normalized spacial score (nSPS) is 10.9. The zero-order valence-electron chi connectivity index (χ0n) is 12.7. The molecule has 2 heterocycles. The highest BCUT2D eigenvalue weighted by Crippen LogP contribution is 2.17. The van der Waals surface area contributed by atoms with Crippen molar-refractivity contribution in [2.24, 2.45) is 7.05 Å². The van der Waals surface area contributed by atoms with Crippen molar-refractivity contribution >= 4 is 22.8 Å². The number of para-hydroxylation sites is 2. The fourth-order valence-corrected chi connectivity index (χ4v) is 2.27. The molecule has 0 saturated carbocycles. The molecule has 1 aromatic carbocycles. The molecule has 0 bridgehead atoms. The van der Waals surface area contributed by atoms with E-state index < -0.39 is 5.82 Å². The van der Waals surface area contributed by atoms with Crippen molar-refractivity contribution in [2.75, 3.05) is 24.3 Å². The molecule has 0 amide bonds. The van der Waals surface area contributed by atoms with E-state index in [4.69, 9.17) is 0 Å². The Balaban J connectivity index is 1.82. The summed E-state index contributed by atoms with van der Waals surface area (Å²) >= 11 is 0. The Morgan fingerprint density at radius 3 is 2.73 bits per heavy atom. The zero-order chi connectivity index (χ0) is 15.7. The summed E-state index contributed by atoms with van der Waals surface area (Å²) in [4.78, 5) is 14.3. The van der Waals surface area contributed by atoms with Crippen LogP contribution in [-0.2, 0) is 13.6 Å². The first-order valence-corrected chi connectivity index (χ1v) is 6.90. The highest BCUT2D eigenvalue weighted by atomic mass is 19.1. The van der Waals surface area contributed by atoms with Crippen molar-refractivity contribution in [3.63, 3.8) is 0 Å². The van der Waals surface area contributed by atoms with E-state index in [0.29, 0.717) is 12.5 Å². The number of nitrogens with one attached hydrogen (secondary N) is 1. The van der Waals surface area contributed by atoms with Crippen LogP contribution in [-0.4, -0.2) is 33.6 Å². The molecule has 1 N–H and O–H groups in total. The molecule has 0 fully saturated rings. The van der Waals surface area contributed by atoms with Gasteiger partial charge in [-0.2, -0.15) is 4.98 Å². The first-order valence-electron chi connectivity index (χ1n) is 6.90. The maximum Gasteiger partial charge on any atom is 0.225 e. The van der Waals surface area contributed by atoms with Gasteiger partial charge < -0.3 is 14.8 Å². The summed E-state index contributed by atoms with van der Waals surface area (Å²) in [5.41, 5.74) is 2.00. The minimum absolute atomic E-state index is 0.252. The van der Waals surface area contributed by atoms with Crippen molar-refractivity contribution in [2.45, 2.75) is 6.54 Å². The van der Waals surface area contributed by atoms with Crippen LogP contribution in [0.1, 0.15) is 5.82 Å². The van der Waals surface area contributed by atoms with Crippen molar-refractivity contribution in [3.8, 4) is 0 Å². The number of aromatic nitrogens is 4. The predicted octanol–water partition coefficient (Wildman–Crippen LogP) is 2.18. The van der Waals surface area contributed by atoms with Crippen LogP contribution in [0.4, 0.5) is 16.2 Å². The minimum Gasteiger partial charge on any atom is -0.360 e. The van der Waals surface area contributed by atoms with Crippen LogP contribution in [0.15, 0.2) is 30.5 Å². The highest BCUT2D eigenvalue weighted by molar-refractivity contribution is 5.75. The van der Waals surface area contributed by atoms with Gasteiger partial charge in [0.25, 0.3) is 0 Å². The summed E-state index contributed by atoms with van der Waals surface area (Å²) in [5.74, 6) is 1.04. The van der Waals surface area contributed by atoms with E-state index >= 15 is 0 Å². The Labute approximate surface area is 127 Å². The topological polar surface area (TPSA) is 58.9 Å². The number of benzene rings is 1. The number of hydrogen-bond donors (Lipinski definition) is 1. The molecular weight excluding hydrogens is 283 g/mol. The molecular formula is C15H17FN6. The smallest absolute Gasteiger partial charge is 0.225 e. The molecule has 22 heavy (non-hydrogen) atoms. The summed E-state index contributed by atoms with van der Waals surface area (Å²) in [7, 11) is 5.43. The second kappa shape index (κ2) is 5.59. The number of aryl methyl sites for hydroxylation is 1. The molecule has 0 atom stereocenters. The Morgan fingerprint density at radius 2 is 2.00 bits per heavy atom. The van der Waals surface area contributed by atoms with Crippen LogP contribution in [0.25, 0.3) is 11.0 Å². The van der Waals surface area contributed by atoms with Crippen LogP contribution < -0.4 is 10.2 Å². The van der Waals surface area contributed by atoms with Crippen LogP contribution in [0.3, 0.4) is 0 Å². The summed E-state index contributed by atoms with van der Waals surface area (Å²) in [6, 6.07) is 7.93. The standard InChI is InChI=1S/C15H17FN6/c1-21(2)14-10(16)8-17-15(20-14)18-9-13-19-11-6-4-5-7-12(11)22(13)3/h4-8H,9H2,1-3H3,(H,17,18,20). The molecule has 7 heteroatoms. The van der Waals surface area contributed by atoms with E-state index in [1.54, 1.807) is 19.0 Å². The molecule has 0 aliphatic carbocycles. The third-order valence-corrected chi connectivity index (χ3v) is 3.43. The largest absolute Gasteiger partial charge is 0.360 e. The lowest BCUT2D eigenvalue weighted by atomic mass is 10.3. The monoisotopic (exact) mass is 300 g/mol. The van der Waals surface area contributed by atoms with Gasteiger partial charge in [-0.05, 0) is 12.1 Å². The van der Waals surface area contributed by atoms with E-state index in [1.807, 2.05) is 35.9 Å². The van der Waals surface area contributed by atoms with E-state index in [2.05, 4.69) is 20.3 Å². The van der Waals surface area contributed by atoms with Crippen molar-refractivity contribution in [1.29, 1.82) is 0 Å². The fraction of sp³-hybridized carbons (Fsp3) is 0.267. The number of hydrogen-bond acceptors (Lipinski definition) is 5. The highest BCUT2D eigenvalue weighted by Gasteiger charge is 2.10. The number of fused-ring (bicyclic) bond motifs is 1. The van der Waals surface area contributed by atoms with Gasteiger partial charge in [0, 0.05) is 21.1 Å². The number of anilines is 2. The van der Waals surface area contributed by atoms with Gasteiger partial charge in [0.05, 0.1) is 23.8 Å². The Hall–Kier alpha value is -2.70. The minimum atomic E-state index is -0.446. The summed E-state index contributed by atoms with van der Waals surface area (Å²) in [6.07, 6.45) is 1.17. The van der Waals surface area contributed by atoms with Gasteiger partial charge in [0.1, 0.15) is 5.82 Å². The van der Waals surface area contributed by atoms with Gasteiger partial charge in [-0.1, -0.05) is 12.1 Å². The fourth-order valence-electron chi connectivity index (χ4n) is 2.27. The second-order valence-electron chi connectivity index (χ2n) is 5.19. The lowest BCUT2D eigenvalue weighted by Crippen LogP contribution is -2.15. The van der Waals surface area contributed by atoms with Gasteiger partial charge in [-0.3, -0.25) is 0 Å². The van der Waals surface area contributed by atoms with E-state index in [-0.39, 0.29) is 5.82 Å². The van der Waals surface area contributed by atoms with Crippen LogP contribution in [0.5, 0.6) is 0 Å². The zero-order valence-corrected chi connectivity index (χ0v) is 12.7. The average Bonchev–Trinajstić information content (AvgIpc) is 2.83. The van der Waals surface area contributed by atoms with E-state index in [1.165, 1.54) is 6.20 Å². The molecule has 114 valence electrons. The molecule has 0 radical (unpaired) electrons. The van der Waals surface area contributed by atoms with E-state index in [9.17, 15) is 4.39 Å². The van der Waals surface area contributed by atoms with Gasteiger partial charge in [-0.25, -0.2) is 14.4 Å². The predicted molar refractivity (Wildman–Crippen MR) is 84.4 cm³/mol. The molecule has 0 aliphatic heterocycles. The number of nitrogens with zero attached hydrogens (tertiary/aromatic N) is 5. The van der Waals surface area contributed by atoms with E-state index in [0.717, 1.165) is 16.9 Å². The molecule has 2 aromatic heterocycles. The average molecular weight is 300 g/mol. The quantitative estimate of drug-likeness (QED) is 0.800. The number of imidazole rings is 1. The maximum absolute atomic E-state index is 13.6. The first kappa shape index (κ1) is 14.2. The Morgan fingerprint density at radius 1 is 1.23 bits per heavy atom. The summed E-state index contributed by atoms with van der Waals surface area (Å²) < 4.78 is 15.6. The molecule has 0 unspecified atom stereocenters. The van der Waals surface area contributed by atoms with Gasteiger partial charge in [0.15, 0.2) is 11.6 Å². The SMILES string of the molecule is CN(C)c1nc(NCc2nc3ccccc3n2C)ncc1F. The van der Waals surface area contributed by atoms with Crippen molar-refractivity contribution in [3.05, 3.63) is 42.1 Å². The molecule has 6 nitrogen and oxygen atoms in total. The van der Waals surface area contributed by atoms with Crippen molar-refractivity contribution < 1.29 is 4.39 Å². The van der Waals surface area contributed by atoms with Gasteiger partial charge in [-0.15, -0.1) is 0 Å². The Kier molecular flexibility index (Phi) is 3.62. The molecule has 3 rings (SSSR count). The molecule has 0 saturated heterocycles. The molecule has 3 aromatic rings. The van der Waals surface area contributed by atoms with Crippen molar-refractivity contribution in [1.82, 2.24) is 19.5 Å². The Bertz CT molecular complexity index is 811.